The molecule has 0 bridgehead atoms. The molecular weight excluding hydrogens is 302 g/mol. The highest BCUT2D eigenvalue weighted by atomic mass is 16.6. The topological polar surface area (TPSA) is 106 Å². The molecule has 0 saturated carbocycles. The first-order valence-electron chi connectivity index (χ1n) is 7.01. The second-order valence-corrected chi connectivity index (χ2v) is 5.02. The fraction of sp³-hybridized carbons (Fsp3) is 0.200. The van der Waals surface area contributed by atoms with Crippen molar-refractivity contribution in [1.29, 1.82) is 0 Å². The van der Waals surface area contributed by atoms with Gasteiger partial charge in [-0.15, -0.1) is 0 Å². The zero-order chi connectivity index (χ0) is 16.4. The Balaban J connectivity index is 1.83. The van der Waals surface area contributed by atoms with E-state index in [0.717, 1.165) is 12.5 Å². The van der Waals surface area contributed by atoms with E-state index >= 15 is 0 Å². The van der Waals surface area contributed by atoms with Crippen molar-refractivity contribution in [1.82, 2.24) is 0 Å². The Morgan fingerprint density at radius 2 is 2.04 bits per heavy atom. The van der Waals surface area contributed by atoms with Gasteiger partial charge in [0.15, 0.2) is 5.76 Å². The van der Waals surface area contributed by atoms with Gasteiger partial charge in [0.2, 0.25) is 5.91 Å². The molecule has 1 aliphatic rings. The van der Waals surface area contributed by atoms with Crippen LogP contribution in [0.4, 0.5) is 17.3 Å². The predicted octanol–water partition coefficient (Wildman–Crippen LogP) is 2.57. The lowest BCUT2D eigenvalue weighted by Gasteiger charge is -2.19. The molecule has 2 heterocycles. The van der Waals surface area contributed by atoms with Crippen LogP contribution in [0.1, 0.15) is 23.4 Å². The second-order valence-electron chi connectivity index (χ2n) is 5.02. The van der Waals surface area contributed by atoms with E-state index in [-0.39, 0.29) is 11.7 Å². The summed E-state index contributed by atoms with van der Waals surface area (Å²) in [6.45, 7) is 0.595. The number of hydrogen-bond donors (Lipinski definition) is 1. The van der Waals surface area contributed by atoms with E-state index in [1.54, 1.807) is 29.2 Å². The highest BCUT2D eigenvalue weighted by molar-refractivity contribution is 6.06. The number of carbonyl (C=O) groups is 2. The monoisotopic (exact) mass is 315 g/mol. The van der Waals surface area contributed by atoms with E-state index in [0.29, 0.717) is 24.3 Å². The molecule has 1 N–H and O–H groups in total. The average Bonchev–Trinajstić information content (AvgIpc) is 3.17. The molecule has 1 aromatic heterocycles. The van der Waals surface area contributed by atoms with Gasteiger partial charge in [0, 0.05) is 13.0 Å². The second kappa shape index (κ2) is 5.91. The SMILES string of the molecule is O=C(Nc1ccccc1N1CCCC1=O)c1ccc([N+](=O)[O-])o1. The lowest BCUT2D eigenvalue weighted by atomic mass is 10.2. The summed E-state index contributed by atoms with van der Waals surface area (Å²) in [5, 5.41) is 13.2. The van der Waals surface area contributed by atoms with Crippen LogP contribution in [0.25, 0.3) is 0 Å². The van der Waals surface area contributed by atoms with Crippen molar-refractivity contribution in [3.63, 3.8) is 0 Å². The molecule has 2 amide bonds. The fourth-order valence-corrected chi connectivity index (χ4v) is 2.45. The Bertz CT molecular complexity index is 783. The smallest absolute Gasteiger partial charge is 0.395 e. The van der Waals surface area contributed by atoms with Crippen LogP contribution >= 0.6 is 0 Å². The van der Waals surface area contributed by atoms with Crippen molar-refractivity contribution in [3.8, 4) is 0 Å². The van der Waals surface area contributed by atoms with Gasteiger partial charge < -0.3 is 14.6 Å². The Kier molecular flexibility index (Phi) is 3.80. The Morgan fingerprint density at radius 3 is 2.70 bits per heavy atom. The number of carbonyl (C=O) groups excluding carboxylic acids is 2. The predicted molar refractivity (Wildman–Crippen MR) is 81.3 cm³/mol. The maximum absolute atomic E-state index is 12.2. The van der Waals surface area contributed by atoms with Crippen LogP contribution in [0.2, 0.25) is 0 Å². The van der Waals surface area contributed by atoms with Crippen molar-refractivity contribution in [2.45, 2.75) is 12.8 Å². The lowest BCUT2D eigenvalue weighted by Crippen LogP contribution is -2.25. The number of para-hydroxylation sites is 2. The molecule has 118 valence electrons. The number of nitrogens with one attached hydrogen (secondary N) is 1. The molecule has 0 unspecified atom stereocenters. The minimum atomic E-state index is -0.715. The average molecular weight is 315 g/mol. The van der Waals surface area contributed by atoms with Gasteiger partial charge in [0.05, 0.1) is 17.4 Å². The molecule has 8 heteroatoms. The first kappa shape index (κ1) is 14.8. The van der Waals surface area contributed by atoms with Gasteiger partial charge in [-0.2, -0.15) is 0 Å². The van der Waals surface area contributed by atoms with Crippen LogP contribution < -0.4 is 10.2 Å². The lowest BCUT2D eigenvalue weighted by molar-refractivity contribution is -0.402. The van der Waals surface area contributed by atoms with E-state index in [4.69, 9.17) is 4.42 Å². The molecule has 0 atom stereocenters. The number of nitro groups is 1. The van der Waals surface area contributed by atoms with Gasteiger partial charge in [-0.1, -0.05) is 12.1 Å². The quantitative estimate of drug-likeness (QED) is 0.689. The summed E-state index contributed by atoms with van der Waals surface area (Å²) < 4.78 is 4.87. The Morgan fingerprint density at radius 1 is 1.26 bits per heavy atom. The van der Waals surface area contributed by atoms with Crippen LogP contribution in [-0.4, -0.2) is 23.3 Å². The molecule has 0 radical (unpaired) electrons. The number of rotatable bonds is 4. The summed E-state index contributed by atoms with van der Waals surface area (Å²) in [5.74, 6) is -1.28. The normalized spacial score (nSPS) is 14.1. The molecule has 3 rings (SSSR count). The summed E-state index contributed by atoms with van der Waals surface area (Å²) in [5.41, 5.74) is 1.05. The first-order valence-corrected chi connectivity index (χ1v) is 7.01. The van der Waals surface area contributed by atoms with Crippen LogP contribution in [0.5, 0.6) is 0 Å². The van der Waals surface area contributed by atoms with E-state index in [9.17, 15) is 19.7 Å². The van der Waals surface area contributed by atoms with Crippen LogP contribution in [0.3, 0.4) is 0 Å². The number of furan rings is 1. The molecule has 23 heavy (non-hydrogen) atoms. The highest BCUT2D eigenvalue weighted by Gasteiger charge is 2.25. The fourth-order valence-electron chi connectivity index (χ4n) is 2.45. The zero-order valence-corrected chi connectivity index (χ0v) is 12.0. The van der Waals surface area contributed by atoms with Crippen molar-refractivity contribution in [2.75, 3.05) is 16.8 Å². The van der Waals surface area contributed by atoms with Crippen LogP contribution in [-0.2, 0) is 4.79 Å². The molecular formula is C15H13N3O5. The van der Waals surface area contributed by atoms with Crippen molar-refractivity contribution >= 4 is 29.1 Å². The van der Waals surface area contributed by atoms with Crippen molar-refractivity contribution in [2.24, 2.45) is 0 Å². The highest BCUT2D eigenvalue weighted by Crippen LogP contribution is 2.30. The van der Waals surface area contributed by atoms with Gasteiger partial charge >= 0.3 is 5.88 Å². The van der Waals surface area contributed by atoms with Gasteiger partial charge in [0.25, 0.3) is 5.91 Å². The van der Waals surface area contributed by atoms with Crippen LogP contribution in [0, 0.1) is 10.1 Å². The van der Waals surface area contributed by atoms with E-state index in [1.165, 1.54) is 6.07 Å². The van der Waals surface area contributed by atoms with Crippen LogP contribution in [0.15, 0.2) is 40.8 Å². The van der Waals surface area contributed by atoms with Gasteiger partial charge in [-0.05, 0) is 24.6 Å². The van der Waals surface area contributed by atoms with E-state index in [2.05, 4.69) is 5.32 Å². The van der Waals surface area contributed by atoms with E-state index < -0.39 is 16.7 Å². The maximum atomic E-state index is 12.2. The van der Waals surface area contributed by atoms with E-state index in [1.807, 2.05) is 0 Å². The Labute approximate surface area is 130 Å². The van der Waals surface area contributed by atoms with Gasteiger partial charge in [-0.25, -0.2) is 0 Å². The molecule has 2 aromatic rings. The number of amides is 2. The molecule has 8 nitrogen and oxygen atoms in total. The third-order valence-corrected chi connectivity index (χ3v) is 3.51. The van der Waals surface area contributed by atoms with Gasteiger partial charge in [0.1, 0.15) is 4.92 Å². The minimum Gasteiger partial charge on any atom is -0.395 e. The maximum Gasteiger partial charge on any atom is 0.433 e. The summed E-state index contributed by atoms with van der Waals surface area (Å²) in [6, 6.07) is 9.25. The largest absolute Gasteiger partial charge is 0.433 e. The van der Waals surface area contributed by atoms with Crippen molar-refractivity contribution in [3.05, 3.63) is 52.3 Å². The molecule has 0 aliphatic carbocycles. The summed E-state index contributed by atoms with van der Waals surface area (Å²) in [7, 11) is 0. The molecule has 1 aromatic carbocycles. The van der Waals surface area contributed by atoms with Gasteiger partial charge in [-0.3, -0.25) is 19.7 Å². The number of nitrogens with zero attached hydrogens (tertiary/aromatic N) is 2. The summed E-state index contributed by atoms with van der Waals surface area (Å²) in [6.07, 6.45) is 1.25. The third-order valence-electron chi connectivity index (χ3n) is 3.51. The molecule has 0 spiro atoms. The number of benzene rings is 1. The summed E-state index contributed by atoms with van der Waals surface area (Å²) in [4.78, 5) is 35.5. The number of anilines is 2. The summed E-state index contributed by atoms with van der Waals surface area (Å²) >= 11 is 0. The zero-order valence-electron chi connectivity index (χ0n) is 12.0. The first-order chi connectivity index (χ1) is 11.1. The third kappa shape index (κ3) is 2.91. The molecule has 1 aliphatic heterocycles. The molecule has 1 saturated heterocycles. The Hall–Kier alpha value is -3.16. The van der Waals surface area contributed by atoms with Crippen molar-refractivity contribution < 1.29 is 18.9 Å². The minimum absolute atomic E-state index is 0.000311. The number of hydrogen-bond acceptors (Lipinski definition) is 5. The molecule has 1 fully saturated rings. The standard InChI is InChI=1S/C15H13N3O5/c19-13-6-3-9-17(13)11-5-2-1-4-10(11)16-15(20)12-7-8-14(23-12)18(21)22/h1-2,4-5,7-8H,3,6,9H2,(H,16,20).